The largest absolute Gasteiger partial charge is 0.361 e. The first-order chi connectivity index (χ1) is 7.29. The lowest BCUT2D eigenvalue weighted by molar-refractivity contribution is 0.390. The Labute approximate surface area is 107 Å². The number of aryl methyl sites for hydroxylation is 1. The third-order valence-electron chi connectivity index (χ3n) is 2.04. The zero-order chi connectivity index (χ0) is 10.7. The second-order valence-corrected chi connectivity index (χ2v) is 4.64. The van der Waals surface area contributed by atoms with Crippen LogP contribution in [0.15, 0.2) is 34.9 Å². The SMILES string of the molecule is Clc1ccc(-c2cc(CCI)on2)cc1. The lowest BCUT2D eigenvalue weighted by Crippen LogP contribution is -1.79. The third-order valence-corrected chi connectivity index (χ3v) is 2.83. The highest BCUT2D eigenvalue weighted by atomic mass is 127. The van der Waals surface area contributed by atoms with E-state index >= 15 is 0 Å². The van der Waals surface area contributed by atoms with Crippen molar-refractivity contribution in [2.75, 3.05) is 4.43 Å². The van der Waals surface area contributed by atoms with E-state index in [1.54, 1.807) is 0 Å². The van der Waals surface area contributed by atoms with Gasteiger partial charge in [0.2, 0.25) is 0 Å². The van der Waals surface area contributed by atoms with Gasteiger partial charge in [0.1, 0.15) is 11.5 Å². The van der Waals surface area contributed by atoms with E-state index in [2.05, 4.69) is 27.7 Å². The van der Waals surface area contributed by atoms with E-state index in [0.29, 0.717) is 0 Å². The predicted octanol–water partition coefficient (Wildman–Crippen LogP) is 3.97. The van der Waals surface area contributed by atoms with Gasteiger partial charge in [-0.15, -0.1) is 0 Å². The summed E-state index contributed by atoms with van der Waals surface area (Å²) in [7, 11) is 0. The van der Waals surface area contributed by atoms with Crippen molar-refractivity contribution in [1.82, 2.24) is 5.16 Å². The highest BCUT2D eigenvalue weighted by molar-refractivity contribution is 14.1. The molecule has 78 valence electrons. The minimum Gasteiger partial charge on any atom is -0.361 e. The van der Waals surface area contributed by atoms with Crippen molar-refractivity contribution in [1.29, 1.82) is 0 Å². The summed E-state index contributed by atoms with van der Waals surface area (Å²) >= 11 is 8.12. The molecule has 1 heterocycles. The molecule has 0 unspecified atom stereocenters. The van der Waals surface area contributed by atoms with Crippen molar-refractivity contribution in [3.05, 3.63) is 41.1 Å². The molecule has 2 nitrogen and oxygen atoms in total. The van der Waals surface area contributed by atoms with E-state index in [4.69, 9.17) is 16.1 Å². The molecule has 0 radical (unpaired) electrons. The van der Waals surface area contributed by atoms with Crippen LogP contribution in [0.25, 0.3) is 11.3 Å². The molecule has 0 spiro atoms. The number of hydrogen-bond acceptors (Lipinski definition) is 2. The van der Waals surface area contributed by atoms with Crippen LogP contribution in [0.5, 0.6) is 0 Å². The number of rotatable bonds is 3. The van der Waals surface area contributed by atoms with Gasteiger partial charge in [-0.05, 0) is 12.1 Å². The molecule has 2 aromatic rings. The molecule has 0 amide bonds. The number of benzene rings is 1. The van der Waals surface area contributed by atoms with Crippen LogP contribution in [0.3, 0.4) is 0 Å². The molecule has 0 saturated heterocycles. The van der Waals surface area contributed by atoms with Gasteiger partial charge < -0.3 is 4.52 Å². The van der Waals surface area contributed by atoms with Crippen LogP contribution in [-0.4, -0.2) is 9.58 Å². The molecule has 0 N–H and O–H groups in total. The second-order valence-electron chi connectivity index (χ2n) is 3.12. The summed E-state index contributed by atoms with van der Waals surface area (Å²) in [6.45, 7) is 0. The molecular weight excluding hydrogens is 324 g/mol. The summed E-state index contributed by atoms with van der Waals surface area (Å²) in [5.74, 6) is 0.925. The average Bonchev–Trinajstić information content (AvgIpc) is 2.68. The molecule has 0 saturated carbocycles. The molecule has 0 aliphatic rings. The number of halogens is 2. The number of hydrogen-bond donors (Lipinski definition) is 0. The monoisotopic (exact) mass is 333 g/mol. The zero-order valence-electron chi connectivity index (χ0n) is 7.91. The molecular formula is C11H9ClINO. The minimum atomic E-state index is 0.731. The Balaban J connectivity index is 2.25. The van der Waals surface area contributed by atoms with Gasteiger partial charge in [-0.25, -0.2) is 0 Å². The maximum absolute atomic E-state index is 5.81. The maximum Gasteiger partial charge on any atom is 0.138 e. The number of aromatic nitrogens is 1. The van der Waals surface area contributed by atoms with Crippen LogP contribution >= 0.6 is 34.2 Å². The molecule has 0 fully saturated rings. The normalized spacial score (nSPS) is 10.5. The van der Waals surface area contributed by atoms with E-state index in [0.717, 1.165) is 32.9 Å². The van der Waals surface area contributed by atoms with E-state index in [1.807, 2.05) is 30.3 Å². The van der Waals surface area contributed by atoms with E-state index in [-0.39, 0.29) is 0 Å². The second kappa shape index (κ2) is 4.99. The van der Waals surface area contributed by atoms with Crippen LogP contribution < -0.4 is 0 Å². The lowest BCUT2D eigenvalue weighted by atomic mass is 10.1. The first-order valence-corrected chi connectivity index (χ1v) is 6.47. The fourth-order valence-corrected chi connectivity index (χ4v) is 1.94. The van der Waals surface area contributed by atoms with Gasteiger partial charge in [-0.1, -0.05) is 51.5 Å². The standard InChI is InChI=1S/C11H9ClINO/c12-9-3-1-8(2-4-9)11-7-10(5-6-13)15-14-11/h1-4,7H,5-6H2. The van der Waals surface area contributed by atoms with Crippen LogP contribution in [-0.2, 0) is 6.42 Å². The molecule has 1 aromatic heterocycles. The highest BCUT2D eigenvalue weighted by Crippen LogP contribution is 2.21. The number of alkyl halides is 1. The summed E-state index contributed by atoms with van der Waals surface area (Å²) in [6.07, 6.45) is 0.918. The minimum absolute atomic E-state index is 0.731. The Morgan fingerprint density at radius 1 is 1.27 bits per heavy atom. The molecule has 0 aliphatic carbocycles. The topological polar surface area (TPSA) is 26.0 Å². The molecule has 2 rings (SSSR count). The van der Waals surface area contributed by atoms with Gasteiger partial charge in [-0.2, -0.15) is 0 Å². The molecule has 4 heteroatoms. The van der Waals surface area contributed by atoms with Crippen LogP contribution in [0.1, 0.15) is 5.76 Å². The van der Waals surface area contributed by atoms with Gasteiger partial charge >= 0.3 is 0 Å². The highest BCUT2D eigenvalue weighted by Gasteiger charge is 2.05. The molecule has 15 heavy (non-hydrogen) atoms. The van der Waals surface area contributed by atoms with Crippen molar-refractivity contribution in [3.8, 4) is 11.3 Å². The summed E-state index contributed by atoms with van der Waals surface area (Å²) in [5, 5.41) is 4.74. The van der Waals surface area contributed by atoms with Gasteiger partial charge in [-0.3, -0.25) is 0 Å². The molecule has 0 aliphatic heterocycles. The Bertz CT molecular complexity index is 438. The van der Waals surface area contributed by atoms with Crippen LogP contribution in [0, 0.1) is 0 Å². The average molecular weight is 334 g/mol. The fourth-order valence-electron chi connectivity index (χ4n) is 1.28. The summed E-state index contributed by atoms with van der Waals surface area (Å²) in [6, 6.07) is 9.55. The first-order valence-electron chi connectivity index (χ1n) is 4.57. The number of nitrogens with zero attached hydrogens (tertiary/aromatic N) is 1. The lowest BCUT2D eigenvalue weighted by Gasteiger charge is -1.93. The van der Waals surface area contributed by atoms with Crippen LogP contribution in [0.4, 0.5) is 0 Å². The molecule has 1 aromatic carbocycles. The van der Waals surface area contributed by atoms with Crippen molar-refractivity contribution in [2.24, 2.45) is 0 Å². The third kappa shape index (κ3) is 2.72. The molecule has 0 bridgehead atoms. The molecule has 0 atom stereocenters. The zero-order valence-corrected chi connectivity index (χ0v) is 10.8. The van der Waals surface area contributed by atoms with Gasteiger partial charge in [0.15, 0.2) is 0 Å². The van der Waals surface area contributed by atoms with Gasteiger partial charge in [0, 0.05) is 27.5 Å². The summed E-state index contributed by atoms with van der Waals surface area (Å²) in [5.41, 5.74) is 1.90. The smallest absolute Gasteiger partial charge is 0.138 e. The summed E-state index contributed by atoms with van der Waals surface area (Å²) < 4.78 is 6.24. The van der Waals surface area contributed by atoms with Crippen LogP contribution in [0.2, 0.25) is 5.02 Å². The predicted molar refractivity (Wildman–Crippen MR) is 69.5 cm³/mol. The Morgan fingerprint density at radius 3 is 2.67 bits per heavy atom. The first kappa shape index (κ1) is 11.0. The van der Waals surface area contributed by atoms with E-state index in [1.165, 1.54) is 0 Å². The quantitative estimate of drug-likeness (QED) is 0.627. The van der Waals surface area contributed by atoms with Gasteiger partial charge in [0.05, 0.1) is 0 Å². The van der Waals surface area contributed by atoms with E-state index in [9.17, 15) is 0 Å². The van der Waals surface area contributed by atoms with E-state index < -0.39 is 0 Å². The van der Waals surface area contributed by atoms with Gasteiger partial charge in [0.25, 0.3) is 0 Å². The Hall–Kier alpha value is -0.550. The Morgan fingerprint density at radius 2 is 2.00 bits per heavy atom. The summed E-state index contributed by atoms with van der Waals surface area (Å²) in [4.78, 5) is 0. The van der Waals surface area contributed by atoms with Crippen molar-refractivity contribution in [3.63, 3.8) is 0 Å². The van der Waals surface area contributed by atoms with Crippen molar-refractivity contribution >= 4 is 34.2 Å². The Kier molecular flexibility index (Phi) is 3.64. The van der Waals surface area contributed by atoms with Crippen molar-refractivity contribution in [2.45, 2.75) is 6.42 Å². The fraction of sp³-hybridized carbons (Fsp3) is 0.182. The van der Waals surface area contributed by atoms with Crippen molar-refractivity contribution < 1.29 is 4.52 Å². The maximum atomic E-state index is 5.81.